The van der Waals surface area contributed by atoms with Crippen LogP contribution in [0, 0.1) is 0 Å². The van der Waals surface area contributed by atoms with Crippen LogP contribution in [0.15, 0.2) is 11.8 Å². The number of rotatable bonds is 6. The van der Waals surface area contributed by atoms with E-state index in [1.54, 1.807) is 0 Å². The summed E-state index contributed by atoms with van der Waals surface area (Å²) in [6.07, 6.45) is 6.90. The molecule has 2 heteroatoms. The predicted octanol–water partition coefficient (Wildman–Crippen LogP) is 2.46. The van der Waals surface area contributed by atoms with Gasteiger partial charge >= 0.3 is 0 Å². The Morgan fingerprint density at radius 1 is 1.46 bits per heavy atom. The lowest BCUT2D eigenvalue weighted by molar-refractivity contribution is 0.211. The van der Waals surface area contributed by atoms with Crippen LogP contribution in [0.25, 0.3) is 0 Å². The summed E-state index contributed by atoms with van der Waals surface area (Å²) in [5.74, 6) is 1.18. The lowest BCUT2D eigenvalue weighted by Gasteiger charge is -2.18. The summed E-state index contributed by atoms with van der Waals surface area (Å²) >= 11 is 0. The molecule has 0 aliphatic carbocycles. The van der Waals surface area contributed by atoms with Gasteiger partial charge in [-0.3, -0.25) is 0 Å². The van der Waals surface area contributed by atoms with Crippen molar-refractivity contribution in [1.82, 2.24) is 5.32 Å². The van der Waals surface area contributed by atoms with E-state index in [9.17, 15) is 0 Å². The maximum atomic E-state index is 5.56. The SMILES string of the molecule is CCCNC(CCC)C1=CCCO1. The van der Waals surface area contributed by atoms with Crippen molar-refractivity contribution in [2.24, 2.45) is 0 Å². The van der Waals surface area contributed by atoms with Crippen molar-refractivity contribution in [2.45, 2.75) is 45.6 Å². The van der Waals surface area contributed by atoms with Crippen LogP contribution in [-0.4, -0.2) is 19.2 Å². The molecule has 1 aliphatic heterocycles. The van der Waals surface area contributed by atoms with E-state index < -0.39 is 0 Å². The zero-order valence-electron chi connectivity index (χ0n) is 8.81. The molecule has 0 saturated heterocycles. The van der Waals surface area contributed by atoms with Crippen molar-refractivity contribution in [3.63, 3.8) is 0 Å². The fourth-order valence-electron chi connectivity index (χ4n) is 1.63. The first kappa shape index (κ1) is 10.6. The topological polar surface area (TPSA) is 21.3 Å². The Morgan fingerprint density at radius 3 is 2.85 bits per heavy atom. The van der Waals surface area contributed by atoms with E-state index in [0.717, 1.165) is 19.6 Å². The molecule has 0 aromatic heterocycles. The van der Waals surface area contributed by atoms with E-state index in [-0.39, 0.29) is 0 Å². The maximum Gasteiger partial charge on any atom is 0.109 e. The first-order valence-corrected chi connectivity index (χ1v) is 5.44. The van der Waals surface area contributed by atoms with Gasteiger partial charge in [-0.25, -0.2) is 0 Å². The molecule has 0 spiro atoms. The second kappa shape index (κ2) is 6.03. The van der Waals surface area contributed by atoms with Crippen LogP contribution in [0.1, 0.15) is 39.5 Å². The van der Waals surface area contributed by atoms with Gasteiger partial charge in [0, 0.05) is 6.42 Å². The minimum atomic E-state index is 0.465. The van der Waals surface area contributed by atoms with Gasteiger partial charge in [0.25, 0.3) is 0 Å². The van der Waals surface area contributed by atoms with Crippen LogP contribution < -0.4 is 5.32 Å². The highest BCUT2D eigenvalue weighted by molar-refractivity contribution is 5.06. The van der Waals surface area contributed by atoms with E-state index in [1.165, 1.54) is 25.0 Å². The Balaban J connectivity index is 2.36. The normalized spacial score (nSPS) is 18.2. The molecule has 1 N–H and O–H groups in total. The molecule has 0 saturated carbocycles. The third-order valence-electron chi connectivity index (χ3n) is 2.29. The summed E-state index contributed by atoms with van der Waals surface area (Å²) in [6.45, 7) is 6.38. The molecule has 0 fully saturated rings. The first-order valence-electron chi connectivity index (χ1n) is 5.44. The van der Waals surface area contributed by atoms with E-state index >= 15 is 0 Å². The highest BCUT2D eigenvalue weighted by atomic mass is 16.5. The lowest BCUT2D eigenvalue weighted by Crippen LogP contribution is -2.31. The summed E-state index contributed by atoms with van der Waals surface area (Å²) in [5.41, 5.74) is 0. The van der Waals surface area contributed by atoms with Gasteiger partial charge in [0.2, 0.25) is 0 Å². The summed E-state index contributed by atoms with van der Waals surface area (Å²) in [4.78, 5) is 0. The van der Waals surface area contributed by atoms with Crippen LogP contribution in [-0.2, 0) is 4.74 Å². The van der Waals surface area contributed by atoms with Gasteiger partial charge < -0.3 is 10.1 Å². The van der Waals surface area contributed by atoms with Gasteiger partial charge in [0.15, 0.2) is 0 Å². The van der Waals surface area contributed by atoms with E-state index in [1.807, 2.05) is 0 Å². The monoisotopic (exact) mass is 183 g/mol. The summed E-state index contributed by atoms with van der Waals surface area (Å²) in [5, 5.41) is 3.52. The Hall–Kier alpha value is -0.500. The standard InChI is InChI=1S/C11H21NO/c1-3-6-10(12-8-4-2)11-7-5-9-13-11/h7,10,12H,3-6,8-9H2,1-2H3. The molecule has 76 valence electrons. The Labute approximate surface area is 81.4 Å². The molecule has 0 aromatic rings. The minimum Gasteiger partial charge on any atom is -0.496 e. The molecule has 13 heavy (non-hydrogen) atoms. The zero-order chi connectivity index (χ0) is 9.52. The Morgan fingerprint density at radius 2 is 2.31 bits per heavy atom. The second-order valence-corrected chi connectivity index (χ2v) is 3.54. The third-order valence-corrected chi connectivity index (χ3v) is 2.29. The highest BCUT2D eigenvalue weighted by Gasteiger charge is 2.16. The fourth-order valence-corrected chi connectivity index (χ4v) is 1.63. The molecule has 0 amide bonds. The molecule has 1 atom stereocenters. The van der Waals surface area contributed by atoms with Crippen LogP contribution >= 0.6 is 0 Å². The van der Waals surface area contributed by atoms with Crippen molar-refractivity contribution in [1.29, 1.82) is 0 Å². The lowest BCUT2D eigenvalue weighted by atomic mass is 10.1. The van der Waals surface area contributed by atoms with Crippen LogP contribution in [0.4, 0.5) is 0 Å². The van der Waals surface area contributed by atoms with E-state index in [0.29, 0.717) is 6.04 Å². The summed E-state index contributed by atoms with van der Waals surface area (Å²) < 4.78 is 5.56. The van der Waals surface area contributed by atoms with E-state index in [2.05, 4.69) is 25.2 Å². The van der Waals surface area contributed by atoms with Crippen molar-refractivity contribution >= 4 is 0 Å². The molecule has 0 bridgehead atoms. The predicted molar refractivity (Wildman–Crippen MR) is 55.6 cm³/mol. The molecule has 1 aliphatic rings. The van der Waals surface area contributed by atoms with Crippen molar-refractivity contribution in [3.05, 3.63) is 11.8 Å². The molecule has 0 aromatic carbocycles. The summed E-state index contributed by atoms with van der Waals surface area (Å²) in [7, 11) is 0. The third kappa shape index (κ3) is 3.39. The maximum absolute atomic E-state index is 5.56. The number of hydrogen-bond donors (Lipinski definition) is 1. The van der Waals surface area contributed by atoms with E-state index in [4.69, 9.17) is 4.74 Å². The van der Waals surface area contributed by atoms with Gasteiger partial charge in [-0.1, -0.05) is 20.3 Å². The fraction of sp³-hybridized carbons (Fsp3) is 0.818. The van der Waals surface area contributed by atoms with Gasteiger partial charge in [-0.05, 0) is 25.5 Å². The number of nitrogens with one attached hydrogen (secondary N) is 1. The van der Waals surface area contributed by atoms with Gasteiger partial charge in [0.05, 0.1) is 12.6 Å². The first-order chi connectivity index (χ1) is 6.38. The van der Waals surface area contributed by atoms with Crippen LogP contribution in [0.3, 0.4) is 0 Å². The number of hydrogen-bond acceptors (Lipinski definition) is 2. The second-order valence-electron chi connectivity index (χ2n) is 3.54. The average Bonchev–Trinajstić information content (AvgIpc) is 2.65. The summed E-state index contributed by atoms with van der Waals surface area (Å²) in [6, 6.07) is 0.465. The molecule has 1 unspecified atom stereocenters. The number of ether oxygens (including phenoxy) is 1. The molecular weight excluding hydrogens is 162 g/mol. The smallest absolute Gasteiger partial charge is 0.109 e. The van der Waals surface area contributed by atoms with Crippen LogP contribution in [0.5, 0.6) is 0 Å². The van der Waals surface area contributed by atoms with Crippen LogP contribution in [0.2, 0.25) is 0 Å². The zero-order valence-corrected chi connectivity index (χ0v) is 8.81. The molecule has 0 radical (unpaired) electrons. The van der Waals surface area contributed by atoms with Crippen molar-refractivity contribution < 1.29 is 4.74 Å². The van der Waals surface area contributed by atoms with Gasteiger partial charge in [-0.2, -0.15) is 0 Å². The Bertz CT molecular complexity index is 165. The largest absolute Gasteiger partial charge is 0.496 e. The van der Waals surface area contributed by atoms with Crippen molar-refractivity contribution in [3.8, 4) is 0 Å². The molecule has 2 nitrogen and oxygen atoms in total. The highest BCUT2D eigenvalue weighted by Crippen LogP contribution is 2.16. The van der Waals surface area contributed by atoms with Gasteiger partial charge in [0.1, 0.15) is 5.76 Å². The van der Waals surface area contributed by atoms with Crippen molar-refractivity contribution in [2.75, 3.05) is 13.2 Å². The quantitative estimate of drug-likeness (QED) is 0.683. The molecule has 1 rings (SSSR count). The average molecular weight is 183 g/mol. The molecular formula is C11H21NO. The Kier molecular flexibility index (Phi) is 4.91. The molecule has 1 heterocycles. The minimum absolute atomic E-state index is 0.465. The van der Waals surface area contributed by atoms with Gasteiger partial charge in [-0.15, -0.1) is 0 Å².